The third-order valence-electron chi connectivity index (χ3n) is 6.64. The van der Waals surface area contributed by atoms with E-state index in [1.165, 1.54) is 48.0 Å². The van der Waals surface area contributed by atoms with Gasteiger partial charge in [0.15, 0.2) is 0 Å². The molecular formula is C31H25NO2S. The van der Waals surface area contributed by atoms with Crippen LogP contribution in [-0.2, 0) is 4.74 Å². The second-order valence-corrected chi connectivity index (χ2v) is 9.88. The molecular weight excluding hydrogens is 450 g/mol. The molecule has 1 aliphatic carbocycles. The lowest BCUT2D eigenvalue weighted by Crippen LogP contribution is -2.26. The van der Waals surface area contributed by atoms with Crippen LogP contribution in [0.15, 0.2) is 97.1 Å². The van der Waals surface area contributed by atoms with Gasteiger partial charge in [-0.2, -0.15) is 0 Å². The lowest BCUT2D eigenvalue weighted by Gasteiger charge is -2.14. The van der Waals surface area contributed by atoms with Crippen molar-refractivity contribution in [2.75, 3.05) is 13.2 Å². The average Bonchev–Trinajstić information content (AvgIpc) is 3.43. The molecule has 0 radical (unpaired) electrons. The SMILES string of the molecule is O=C(NCCC=Cc1ccc2sc3ccccc3c2c1)OCC1c2ccccc2-c2ccccc21. The van der Waals surface area contributed by atoms with Gasteiger partial charge in [0.05, 0.1) is 0 Å². The minimum atomic E-state index is -0.369. The van der Waals surface area contributed by atoms with E-state index in [9.17, 15) is 4.79 Å². The fourth-order valence-corrected chi connectivity index (χ4v) is 6.06. The predicted octanol–water partition coefficient (Wildman–Crippen LogP) is 8.00. The van der Waals surface area contributed by atoms with Crippen molar-refractivity contribution in [2.24, 2.45) is 0 Å². The summed E-state index contributed by atoms with van der Waals surface area (Å²) in [5.41, 5.74) is 6.08. The molecule has 1 N–H and O–H groups in total. The van der Waals surface area contributed by atoms with Crippen LogP contribution in [0.1, 0.15) is 29.0 Å². The zero-order valence-corrected chi connectivity index (χ0v) is 20.1. The highest BCUT2D eigenvalue weighted by Crippen LogP contribution is 2.44. The van der Waals surface area contributed by atoms with Crippen molar-refractivity contribution in [3.63, 3.8) is 0 Å². The van der Waals surface area contributed by atoms with Gasteiger partial charge in [-0.05, 0) is 52.4 Å². The number of nitrogens with one attached hydrogen (secondary N) is 1. The second kappa shape index (κ2) is 9.40. The Morgan fingerprint density at radius 3 is 2.31 bits per heavy atom. The van der Waals surface area contributed by atoms with Crippen LogP contribution >= 0.6 is 11.3 Å². The number of benzene rings is 4. The molecule has 6 rings (SSSR count). The van der Waals surface area contributed by atoms with Crippen molar-refractivity contribution in [1.82, 2.24) is 5.32 Å². The Balaban J connectivity index is 1.03. The fourth-order valence-electron chi connectivity index (χ4n) is 4.97. The molecule has 35 heavy (non-hydrogen) atoms. The third-order valence-corrected chi connectivity index (χ3v) is 7.79. The number of alkyl carbamates (subject to hydrolysis) is 1. The Morgan fingerprint density at radius 1 is 0.829 bits per heavy atom. The van der Waals surface area contributed by atoms with Gasteiger partial charge in [0.2, 0.25) is 0 Å². The second-order valence-electron chi connectivity index (χ2n) is 8.80. The Kier molecular flexibility index (Phi) is 5.81. The van der Waals surface area contributed by atoms with E-state index in [0.29, 0.717) is 13.2 Å². The predicted molar refractivity (Wildman–Crippen MR) is 146 cm³/mol. The number of carbonyl (C=O) groups is 1. The highest BCUT2D eigenvalue weighted by atomic mass is 32.1. The maximum absolute atomic E-state index is 12.3. The normalized spacial score (nSPS) is 12.8. The lowest BCUT2D eigenvalue weighted by atomic mass is 9.98. The first kappa shape index (κ1) is 21.6. The average molecular weight is 476 g/mol. The van der Waals surface area contributed by atoms with Gasteiger partial charge in [-0.3, -0.25) is 0 Å². The molecule has 1 amide bonds. The van der Waals surface area contributed by atoms with Crippen molar-refractivity contribution in [3.05, 3.63) is 114 Å². The van der Waals surface area contributed by atoms with E-state index < -0.39 is 0 Å². The zero-order chi connectivity index (χ0) is 23.6. The molecule has 4 heteroatoms. The summed E-state index contributed by atoms with van der Waals surface area (Å²) >= 11 is 1.83. The van der Waals surface area contributed by atoms with Crippen LogP contribution in [0.5, 0.6) is 0 Å². The number of ether oxygens (including phenoxy) is 1. The quantitative estimate of drug-likeness (QED) is 0.253. The van der Waals surface area contributed by atoms with Gasteiger partial charge >= 0.3 is 6.09 Å². The van der Waals surface area contributed by atoms with Gasteiger partial charge in [0.25, 0.3) is 0 Å². The Bertz CT molecular complexity index is 1520. The molecule has 4 aromatic carbocycles. The molecule has 0 saturated heterocycles. The Morgan fingerprint density at radius 2 is 1.51 bits per heavy atom. The minimum Gasteiger partial charge on any atom is -0.449 e. The van der Waals surface area contributed by atoms with E-state index in [1.54, 1.807) is 0 Å². The lowest BCUT2D eigenvalue weighted by molar-refractivity contribution is 0.143. The van der Waals surface area contributed by atoms with E-state index in [0.717, 1.165) is 6.42 Å². The number of thiophene rings is 1. The number of hydrogen-bond donors (Lipinski definition) is 1. The van der Waals surface area contributed by atoms with Crippen molar-refractivity contribution in [1.29, 1.82) is 0 Å². The van der Waals surface area contributed by atoms with Crippen LogP contribution in [0.4, 0.5) is 4.79 Å². The molecule has 0 atom stereocenters. The molecule has 3 nitrogen and oxygen atoms in total. The molecule has 5 aromatic rings. The highest BCUT2D eigenvalue weighted by molar-refractivity contribution is 7.25. The van der Waals surface area contributed by atoms with Crippen LogP contribution < -0.4 is 5.32 Å². The number of carbonyl (C=O) groups excluding carboxylic acids is 1. The maximum Gasteiger partial charge on any atom is 0.407 e. The molecule has 0 bridgehead atoms. The first-order valence-electron chi connectivity index (χ1n) is 11.9. The van der Waals surface area contributed by atoms with Crippen LogP contribution in [0, 0.1) is 0 Å². The van der Waals surface area contributed by atoms with Crippen molar-refractivity contribution in [2.45, 2.75) is 12.3 Å². The maximum atomic E-state index is 12.3. The van der Waals surface area contributed by atoms with Crippen molar-refractivity contribution < 1.29 is 9.53 Å². The number of rotatable bonds is 6. The summed E-state index contributed by atoms with van der Waals surface area (Å²) in [4.78, 5) is 12.3. The first-order chi connectivity index (χ1) is 17.3. The summed E-state index contributed by atoms with van der Waals surface area (Å²) in [6.07, 6.45) is 4.59. The number of amides is 1. The summed E-state index contributed by atoms with van der Waals surface area (Å²) in [6, 6.07) is 31.8. The summed E-state index contributed by atoms with van der Waals surface area (Å²) in [7, 11) is 0. The van der Waals surface area contributed by atoms with E-state index in [2.05, 4.69) is 96.3 Å². The smallest absolute Gasteiger partial charge is 0.407 e. The molecule has 1 heterocycles. The summed E-state index contributed by atoms with van der Waals surface area (Å²) in [5.74, 6) is 0.0798. The fraction of sp³-hybridized carbons (Fsp3) is 0.129. The molecule has 1 aliphatic rings. The molecule has 1 aromatic heterocycles. The molecule has 172 valence electrons. The van der Waals surface area contributed by atoms with E-state index in [-0.39, 0.29) is 12.0 Å². The number of hydrogen-bond acceptors (Lipinski definition) is 3. The molecule has 0 fully saturated rings. The summed E-state index contributed by atoms with van der Waals surface area (Å²) in [5, 5.41) is 5.48. The standard InChI is InChI=1S/C31H25NO2S/c33-31(34-20-28-24-12-3-1-10-22(24)23-11-2-4-13-25(23)28)32-18-8-7-9-21-16-17-30-27(19-21)26-14-5-6-15-29(26)35-30/h1-7,9-17,19,28H,8,18,20H2,(H,32,33). The van der Waals surface area contributed by atoms with Gasteiger partial charge < -0.3 is 10.1 Å². The molecule has 0 aliphatic heterocycles. The van der Waals surface area contributed by atoms with Gasteiger partial charge in [-0.25, -0.2) is 4.79 Å². The molecule has 0 spiro atoms. The zero-order valence-electron chi connectivity index (χ0n) is 19.2. The van der Waals surface area contributed by atoms with Crippen LogP contribution in [-0.4, -0.2) is 19.2 Å². The van der Waals surface area contributed by atoms with E-state index in [1.807, 2.05) is 23.5 Å². The number of fused-ring (bicyclic) bond motifs is 6. The summed E-state index contributed by atoms with van der Waals surface area (Å²) in [6.45, 7) is 0.876. The molecule has 0 unspecified atom stereocenters. The van der Waals surface area contributed by atoms with Crippen LogP contribution in [0.25, 0.3) is 37.4 Å². The Labute approximate surface area is 208 Å². The summed E-state index contributed by atoms with van der Waals surface area (Å²) < 4.78 is 8.23. The molecule has 0 saturated carbocycles. The van der Waals surface area contributed by atoms with Crippen molar-refractivity contribution >= 4 is 43.7 Å². The minimum absolute atomic E-state index is 0.0798. The van der Waals surface area contributed by atoms with Gasteiger partial charge in [0, 0.05) is 32.6 Å². The van der Waals surface area contributed by atoms with Crippen LogP contribution in [0.3, 0.4) is 0 Å². The van der Waals surface area contributed by atoms with E-state index >= 15 is 0 Å². The van der Waals surface area contributed by atoms with E-state index in [4.69, 9.17) is 4.74 Å². The largest absolute Gasteiger partial charge is 0.449 e. The van der Waals surface area contributed by atoms with Crippen molar-refractivity contribution in [3.8, 4) is 11.1 Å². The first-order valence-corrected chi connectivity index (χ1v) is 12.8. The van der Waals surface area contributed by atoms with Crippen LogP contribution in [0.2, 0.25) is 0 Å². The Hall–Kier alpha value is -3.89. The van der Waals surface area contributed by atoms with Gasteiger partial charge in [0.1, 0.15) is 6.61 Å². The monoisotopic (exact) mass is 475 g/mol. The topological polar surface area (TPSA) is 38.3 Å². The van der Waals surface area contributed by atoms with Gasteiger partial charge in [-0.1, -0.05) is 84.9 Å². The third kappa shape index (κ3) is 4.22. The highest BCUT2D eigenvalue weighted by Gasteiger charge is 2.28. The van der Waals surface area contributed by atoms with Gasteiger partial charge in [-0.15, -0.1) is 11.3 Å².